The number of furan rings is 3. The first-order valence-corrected chi connectivity index (χ1v) is 39.5. The predicted molar refractivity (Wildman–Crippen MR) is 571 cm³/mol. The molecule has 0 radical (unpaired) electrons. The van der Waals surface area contributed by atoms with E-state index in [1.54, 1.807) is 0 Å². The Morgan fingerprint density at radius 1 is 0.111 bits per heavy atom. The largest absolute Gasteiger partial charge is 0.456 e. The van der Waals surface area contributed by atoms with Crippen LogP contribution in [-0.2, 0) is 0 Å². The van der Waals surface area contributed by atoms with Crippen LogP contribution in [-0.4, -0.2) is 0 Å². The zero-order chi connectivity index (χ0) is 162. The third kappa shape index (κ3) is 14.1. The molecule has 0 N–H and O–H groups in total. The molecule has 135 heavy (non-hydrogen) atoms. The average molecular weight is 1800 g/mol. The third-order valence-corrected chi connectivity index (χ3v) is 21.3. The molecule has 27 rings (SSSR count). The highest BCUT2D eigenvalue weighted by atomic mass is 16.3. The number of hydrogen-bond acceptors (Lipinski definition) is 3. The standard InChI is InChI=1S/3C44H28O/c1-3-14-29(15-4-1)31-26-32(30-16-5-2-6-17-30)28-33(27-31)42-34-18-7-9-20-36(34)43(37-21-10-8-19-35(37)42)39-23-13-25-41-44(39)38-22-11-12-24-40(38)45-41;1-2-11-29(12-3-1)30-21-23-31(24-22-30)32-25-27-33(28-26-32)42-34-13-4-6-15-36(34)43(37-16-7-5-14-35(37)42)39-18-10-20-41-44(39)38-17-8-9-19-40(38)45-41;1-2-13-29(14-3-1)30-25-27-31(28-26-30)32-15-4-5-16-33(32)42-34-17-6-8-19-36(34)43(37-20-9-7-18-35(37)42)39-22-12-24-41-44(39)38-21-10-11-23-40(38)45-41/h3*1-28H/i3*1D,2D,3D,4D,5D,6D,7D,8D,9D,10D,11D,12D,13D,14D,15D,16D,17D,18D,19D,20D,21D,22D,23D,24D,25D,26D,27D,28D. The van der Waals surface area contributed by atoms with Crippen molar-refractivity contribution < 1.29 is 128 Å². The van der Waals surface area contributed by atoms with Gasteiger partial charge in [0.15, 0.2) is 0 Å². The van der Waals surface area contributed by atoms with Crippen molar-refractivity contribution in [1.29, 1.82) is 0 Å². The minimum atomic E-state index is -1.16. The number of para-hydroxylation sites is 3. The van der Waals surface area contributed by atoms with Crippen LogP contribution in [0, 0.1) is 0 Å². The number of benzene rings is 24. The van der Waals surface area contributed by atoms with Gasteiger partial charge in [0, 0.05) is 32.3 Å². The summed E-state index contributed by atoms with van der Waals surface area (Å²) in [6.07, 6.45) is 0. The van der Waals surface area contributed by atoms with E-state index in [1.807, 2.05) is 0 Å². The Morgan fingerprint density at radius 3 is 0.593 bits per heavy atom. The van der Waals surface area contributed by atoms with Crippen LogP contribution in [0.2, 0.25) is 0 Å². The molecule has 0 atom stereocenters. The van der Waals surface area contributed by atoms with E-state index in [1.165, 1.54) is 0 Å². The van der Waals surface area contributed by atoms with Gasteiger partial charge in [-0.3, -0.25) is 0 Å². The van der Waals surface area contributed by atoms with Crippen molar-refractivity contribution in [2.24, 2.45) is 0 Å². The van der Waals surface area contributed by atoms with E-state index in [4.69, 9.17) is 92.8 Å². The lowest BCUT2D eigenvalue weighted by atomic mass is 9.83. The van der Waals surface area contributed by atoms with Gasteiger partial charge in [-0.05, 0) is 253 Å². The van der Waals surface area contributed by atoms with E-state index in [0.717, 1.165) is 0 Å². The van der Waals surface area contributed by atoms with Crippen LogP contribution in [0.4, 0.5) is 0 Å². The fraction of sp³-hybridized carbons (Fsp3) is 0. The van der Waals surface area contributed by atoms with Crippen molar-refractivity contribution in [3.63, 3.8) is 0 Å². The molecule has 0 aliphatic carbocycles. The molecule has 27 aromatic rings. The summed E-state index contributed by atoms with van der Waals surface area (Å²) in [4.78, 5) is 0. The van der Waals surface area contributed by atoms with Gasteiger partial charge in [0.2, 0.25) is 0 Å². The van der Waals surface area contributed by atoms with Crippen molar-refractivity contribution >= 4 is 130 Å². The minimum absolute atomic E-state index is 0.476. The molecule has 0 spiro atoms. The maximum absolute atomic E-state index is 9.91. The van der Waals surface area contributed by atoms with Crippen molar-refractivity contribution in [2.45, 2.75) is 0 Å². The Bertz CT molecular complexity index is 14300. The maximum atomic E-state index is 9.91. The van der Waals surface area contributed by atoms with Gasteiger partial charge in [-0.2, -0.15) is 0 Å². The Hall–Kier alpha value is -17.8. The summed E-state index contributed by atoms with van der Waals surface area (Å²) in [6, 6.07) is -82.0. The van der Waals surface area contributed by atoms with Gasteiger partial charge in [-0.25, -0.2) is 0 Å². The van der Waals surface area contributed by atoms with Crippen LogP contribution < -0.4 is 0 Å². The summed E-state index contributed by atoms with van der Waals surface area (Å²) < 4.78 is 768. The average Bonchev–Trinajstić information content (AvgIpc) is 1.68. The summed E-state index contributed by atoms with van der Waals surface area (Å²) in [6.45, 7) is 0. The van der Waals surface area contributed by atoms with Crippen LogP contribution in [0.15, 0.2) is 521 Å². The topological polar surface area (TPSA) is 39.4 Å². The van der Waals surface area contributed by atoms with E-state index < -0.39 is 772 Å². The lowest BCUT2D eigenvalue weighted by molar-refractivity contribution is 0.668. The van der Waals surface area contributed by atoms with Crippen LogP contribution in [0.3, 0.4) is 0 Å². The molecule has 0 bridgehead atoms. The molecule has 630 valence electrons. The normalized spacial score (nSPS) is 20.3. The molecule has 3 heteroatoms. The van der Waals surface area contributed by atoms with Crippen LogP contribution >= 0.6 is 0 Å². The minimum Gasteiger partial charge on any atom is -0.456 e. The van der Waals surface area contributed by atoms with Crippen LogP contribution in [0.25, 0.3) is 264 Å². The summed E-state index contributed by atoms with van der Waals surface area (Å²) in [5, 5.41) is -12.4. The molecule has 0 aliphatic rings. The third-order valence-electron chi connectivity index (χ3n) is 21.3. The molecule has 0 aliphatic heterocycles. The number of fused-ring (bicyclic) bond motifs is 15. The highest BCUT2D eigenvalue weighted by Gasteiger charge is 2.27. The molecular formula is C132H84O3. The van der Waals surface area contributed by atoms with Crippen molar-refractivity contribution in [3.05, 3.63) is 508 Å². The predicted octanol–water partition coefficient (Wildman–Crippen LogP) is 37.7. The van der Waals surface area contributed by atoms with Crippen molar-refractivity contribution in [1.82, 2.24) is 0 Å². The molecule has 0 saturated heterocycles. The van der Waals surface area contributed by atoms with E-state index in [-0.39, 0.29) is 0 Å². The van der Waals surface area contributed by atoms with Crippen molar-refractivity contribution in [3.8, 4) is 134 Å². The van der Waals surface area contributed by atoms with E-state index in [0.29, 0.717) is 0 Å². The monoisotopic (exact) mass is 1800 g/mol. The maximum Gasteiger partial charge on any atom is 0.136 e. The van der Waals surface area contributed by atoms with Gasteiger partial charge in [-0.1, -0.05) is 453 Å². The Balaban J connectivity index is 0.000000156. The second-order valence-electron chi connectivity index (χ2n) is 28.5. The van der Waals surface area contributed by atoms with Crippen molar-refractivity contribution in [2.75, 3.05) is 0 Å². The summed E-state index contributed by atoms with van der Waals surface area (Å²) in [5.41, 5.74) is -23.4. The molecule has 3 heterocycles. The molecule has 3 aromatic heterocycles. The van der Waals surface area contributed by atoms with E-state index in [2.05, 4.69) is 0 Å². The fourth-order valence-electron chi connectivity index (χ4n) is 15.7. The quantitative estimate of drug-likeness (QED) is 0.114. The second kappa shape index (κ2) is 33.9. The number of hydrogen-bond donors (Lipinski definition) is 0. The van der Waals surface area contributed by atoms with Crippen LogP contribution in [0.1, 0.15) is 115 Å². The van der Waals surface area contributed by atoms with E-state index >= 15 is 0 Å². The Morgan fingerprint density at radius 2 is 0.296 bits per heavy atom. The zero-order valence-electron chi connectivity index (χ0n) is 151. The first-order valence-electron chi connectivity index (χ1n) is 81.5. The highest BCUT2D eigenvalue weighted by molar-refractivity contribution is 6.30. The van der Waals surface area contributed by atoms with E-state index in [9.17, 15) is 35.6 Å². The molecule has 0 amide bonds. The van der Waals surface area contributed by atoms with Gasteiger partial charge >= 0.3 is 0 Å². The van der Waals surface area contributed by atoms with Crippen LogP contribution in [0.5, 0.6) is 0 Å². The van der Waals surface area contributed by atoms with Gasteiger partial charge in [0.05, 0.1) is 115 Å². The first kappa shape index (κ1) is 31.2. The molecule has 24 aromatic carbocycles. The zero-order valence-corrected chi connectivity index (χ0v) is 67.2. The van der Waals surface area contributed by atoms with Gasteiger partial charge in [-0.15, -0.1) is 0 Å². The molecule has 0 unspecified atom stereocenters. The van der Waals surface area contributed by atoms with Gasteiger partial charge < -0.3 is 13.3 Å². The summed E-state index contributed by atoms with van der Waals surface area (Å²) in [5.74, 6) is 0. The lowest BCUT2D eigenvalue weighted by Crippen LogP contribution is -1.93. The molecule has 0 fully saturated rings. The molecule has 0 saturated carbocycles. The fourth-order valence-corrected chi connectivity index (χ4v) is 15.7. The SMILES string of the molecule is [2H]c1c([2H])c([2H])c(-c2c([2H])c(-c3c([2H])c([2H])c([2H])c([2H])c3[2H])c([2H])c(-c3c4c([2H])c([2H])c([2H])c([2H])c4c(-c4c([2H])c([2H])c([2H])c5oc6c([2H])c([2H])c([2H])c([2H])c6c45)c4c([2H])c([2H])c([2H])c([2H])c34)c2[2H])c([2H])c1[2H].[2H]c1c([2H])c([2H])c(-c2c([2H])c([2H])c(-c3c([2H])c([2H])c(-c4c5c([2H])c([2H])c([2H])c([2H])c5c(-c5c([2H])c([2H])c([2H])c6oc7c([2H])c([2H])c([2H])c([2H])c7c56)c5c([2H])c([2H])c([2H])c([2H])c45)c([2H])c3[2H])c([2H])c2[2H])c([2H])c1[2H].[2H]c1c([2H])c([2H])c(-c2c([2H])c([2H])c(-c3c([2H])c([2H])c([2H])c([2H])c3-c3c4c([2H])c([2H])c([2H])c([2H])c4c(-c4c([2H])c([2H])c([2H])c5oc6c([2H])c([2H])c([2H])c([2H])c6c45)c4c([2H])c([2H])c([2H])c([2H])c34)c([2H])c2[2H])c([2H])c1[2H]. The highest BCUT2D eigenvalue weighted by Crippen LogP contribution is 2.53. The molecular weight excluding hydrogens is 1630 g/mol. The lowest BCUT2D eigenvalue weighted by Gasteiger charge is -2.20. The van der Waals surface area contributed by atoms with Gasteiger partial charge in [0.1, 0.15) is 33.5 Å². The number of rotatable bonds is 12. The van der Waals surface area contributed by atoms with Gasteiger partial charge in [0.25, 0.3) is 0 Å². The summed E-state index contributed by atoms with van der Waals surface area (Å²) >= 11 is 0. The Labute approximate surface area is 899 Å². The first-order chi connectivity index (χ1) is 102. The molecule has 3 nitrogen and oxygen atoms in total. The Kier molecular flexibility index (Phi) is 7.85. The summed E-state index contributed by atoms with van der Waals surface area (Å²) in [7, 11) is 0. The second-order valence-corrected chi connectivity index (χ2v) is 28.5. The smallest absolute Gasteiger partial charge is 0.136 e.